The molecular weight excluding hydrogens is 322 g/mol. The van der Waals surface area contributed by atoms with E-state index < -0.39 is 0 Å². The molecule has 0 saturated heterocycles. The van der Waals surface area contributed by atoms with Gasteiger partial charge in [0.1, 0.15) is 5.75 Å². The number of nitrogens with zero attached hydrogens (tertiary/aromatic N) is 2. The summed E-state index contributed by atoms with van der Waals surface area (Å²) in [4.78, 5) is 4.50. The van der Waals surface area contributed by atoms with Crippen LogP contribution in [-0.4, -0.2) is 23.3 Å². The van der Waals surface area contributed by atoms with Crippen LogP contribution in [-0.2, 0) is 0 Å². The molecule has 6 heteroatoms. The molecule has 106 valence electrons. The van der Waals surface area contributed by atoms with Gasteiger partial charge in [-0.2, -0.15) is 4.98 Å². The van der Waals surface area contributed by atoms with Crippen LogP contribution in [0.15, 0.2) is 27.2 Å². The lowest BCUT2D eigenvalue weighted by atomic mass is 10.1. The van der Waals surface area contributed by atoms with Crippen LogP contribution in [0.3, 0.4) is 0 Å². The molecule has 1 aliphatic carbocycles. The van der Waals surface area contributed by atoms with Gasteiger partial charge < -0.3 is 15.0 Å². The minimum Gasteiger partial charge on any atom is -0.496 e. The number of benzene rings is 1. The fourth-order valence-corrected chi connectivity index (χ4v) is 3.11. The summed E-state index contributed by atoms with van der Waals surface area (Å²) in [6.45, 7) is 0. The van der Waals surface area contributed by atoms with E-state index in [1.54, 1.807) is 7.11 Å². The summed E-state index contributed by atoms with van der Waals surface area (Å²) in [6, 6.07) is 5.97. The highest BCUT2D eigenvalue weighted by atomic mass is 79.9. The molecule has 2 N–H and O–H groups in total. The van der Waals surface area contributed by atoms with Gasteiger partial charge in [0.15, 0.2) is 0 Å². The van der Waals surface area contributed by atoms with Crippen molar-refractivity contribution < 1.29 is 9.26 Å². The summed E-state index contributed by atoms with van der Waals surface area (Å²) in [5.74, 6) is 2.37. The smallest absolute Gasteiger partial charge is 0.230 e. The zero-order valence-electron chi connectivity index (χ0n) is 11.2. The van der Waals surface area contributed by atoms with Crippen molar-refractivity contribution >= 4 is 15.9 Å². The quantitative estimate of drug-likeness (QED) is 0.931. The Morgan fingerprint density at radius 2 is 2.25 bits per heavy atom. The third kappa shape index (κ3) is 2.58. The largest absolute Gasteiger partial charge is 0.496 e. The fraction of sp³-hybridized carbons (Fsp3) is 0.429. The van der Waals surface area contributed by atoms with Crippen LogP contribution >= 0.6 is 15.9 Å². The number of nitrogens with two attached hydrogens (primary N) is 1. The molecular formula is C14H16BrN3O2. The van der Waals surface area contributed by atoms with Crippen LogP contribution in [0.5, 0.6) is 5.75 Å². The van der Waals surface area contributed by atoms with Crippen molar-refractivity contribution in [2.24, 2.45) is 5.73 Å². The van der Waals surface area contributed by atoms with Gasteiger partial charge in [-0.05, 0) is 53.4 Å². The van der Waals surface area contributed by atoms with Gasteiger partial charge in [0, 0.05) is 17.5 Å². The predicted molar refractivity (Wildman–Crippen MR) is 78.6 cm³/mol. The van der Waals surface area contributed by atoms with Crippen molar-refractivity contribution in [1.82, 2.24) is 10.1 Å². The third-order valence-corrected chi connectivity index (χ3v) is 4.29. The summed E-state index contributed by atoms with van der Waals surface area (Å²) in [7, 11) is 1.63. The van der Waals surface area contributed by atoms with E-state index in [1.165, 1.54) is 0 Å². The van der Waals surface area contributed by atoms with Gasteiger partial charge in [0.05, 0.1) is 11.6 Å². The molecule has 1 aromatic heterocycles. The Morgan fingerprint density at radius 3 is 2.90 bits per heavy atom. The first-order valence-electron chi connectivity index (χ1n) is 6.60. The van der Waals surface area contributed by atoms with E-state index >= 15 is 0 Å². The number of methoxy groups -OCH3 is 1. The fourth-order valence-electron chi connectivity index (χ4n) is 2.56. The van der Waals surface area contributed by atoms with Crippen molar-refractivity contribution in [1.29, 1.82) is 0 Å². The normalized spacial score (nSPS) is 22.1. The van der Waals surface area contributed by atoms with Crippen molar-refractivity contribution in [3.8, 4) is 17.1 Å². The Kier molecular flexibility index (Phi) is 3.76. The van der Waals surface area contributed by atoms with E-state index in [0.29, 0.717) is 17.6 Å². The van der Waals surface area contributed by atoms with Gasteiger partial charge in [-0.15, -0.1) is 0 Å². The molecule has 1 aliphatic rings. The van der Waals surface area contributed by atoms with Gasteiger partial charge in [-0.3, -0.25) is 0 Å². The predicted octanol–water partition coefficient (Wildman–Crippen LogP) is 3.10. The number of hydrogen-bond donors (Lipinski definition) is 1. The van der Waals surface area contributed by atoms with Crippen molar-refractivity contribution in [3.05, 3.63) is 28.6 Å². The summed E-state index contributed by atoms with van der Waals surface area (Å²) in [5.41, 5.74) is 6.82. The second-order valence-corrected chi connectivity index (χ2v) is 5.93. The first-order valence-corrected chi connectivity index (χ1v) is 7.39. The number of halogens is 1. The maximum Gasteiger partial charge on any atom is 0.230 e. The van der Waals surface area contributed by atoms with Crippen LogP contribution in [0, 0.1) is 0 Å². The van der Waals surface area contributed by atoms with Crippen LogP contribution < -0.4 is 10.5 Å². The molecule has 2 atom stereocenters. The molecule has 20 heavy (non-hydrogen) atoms. The molecule has 1 saturated carbocycles. The second kappa shape index (κ2) is 5.54. The van der Waals surface area contributed by atoms with E-state index in [9.17, 15) is 0 Å². The van der Waals surface area contributed by atoms with Crippen LogP contribution in [0.1, 0.15) is 31.1 Å². The highest BCUT2D eigenvalue weighted by molar-refractivity contribution is 9.10. The molecule has 1 aromatic carbocycles. The standard InChI is InChI=1S/C14H16BrN3O2/c1-19-12-5-3-8(7-11(12)15)13-17-14(20-18-13)9-2-4-10(16)6-9/h3,5,7,9-10H,2,4,6,16H2,1H3. The molecule has 1 heterocycles. The Hall–Kier alpha value is -1.40. The average molecular weight is 338 g/mol. The second-order valence-electron chi connectivity index (χ2n) is 5.08. The minimum absolute atomic E-state index is 0.255. The van der Waals surface area contributed by atoms with E-state index in [-0.39, 0.29) is 6.04 Å². The molecule has 0 spiro atoms. The van der Waals surface area contributed by atoms with Gasteiger partial charge in [0.2, 0.25) is 11.7 Å². The Labute approximate surface area is 125 Å². The van der Waals surface area contributed by atoms with Crippen molar-refractivity contribution in [2.45, 2.75) is 31.2 Å². The monoisotopic (exact) mass is 337 g/mol. The average Bonchev–Trinajstić information content (AvgIpc) is 3.07. The number of rotatable bonds is 3. The highest BCUT2D eigenvalue weighted by Gasteiger charge is 2.28. The summed E-state index contributed by atoms with van der Waals surface area (Å²) < 4.78 is 11.5. The molecule has 0 bridgehead atoms. The van der Waals surface area contributed by atoms with Gasteiger partial charge in [-0.25, -0.2) is 0 Å². The first kappa shape index (κ1) is 13.6. The lowest BCUT2D eigenvalue weighted by Gasteiger charge is -2.03. The molecule has 0 amide bonds. The maximum absolute atomic E-state index is 5.92. The molecule has 2 unspecified atom stereocenters. The number of aromatic nitrogens is 2. The van der Waals surface area contributed by atoms with E-state index in [1.807, 2.05) is 18.2 Å². The molecule has 1 fully saturated rings. The minimum atomic E-state index is 0.255. The molecule has 0 radical (unpaired) electrons. The van der Waals surface area contributed by atoms with Crippen molar-refractivity contribution in [2.75, 3.05) is 7.11 Å². The zero-order chi connectivity index (χ0) is 14.1. The molecule has 3 rings (SSSR count). The summed E-state index contributed by atoms with van der Waals surface area (Å²) >= 11 is 3.46. The van der Waals surface area contributed by atoms with Gasteiger partial charge in [-0.1, -0.05) is 5.16 Å². The molecule has 0 aliphatic heterocycles. The maximum atomic E-state index is 5.92. The first-order chi connectivity index (χ1) is 9.67. The Bertz CT molecular complexity index is 614. The van der Waals surface area contributed by atoms with Gasteiger partial charge >= 0.3 is 0 Å². The SMILES string of the molecule is COc1ccc(-c2noc(C3CCC(N)C3)n2)cc1Br. The van der Waals surface area contributed by atoms with Crippen molar-refractivity contribution in [3.63, 3.8) is 0 Å². The van der Waals surface area contributed by atoms with Crippen LogP contribution in [0.4, 0.5) is 0 Å². The third-order valence-electron chi connectivity index (χ3n) is 3.67. The Morgan fingerprint density at radius 1 is 1.40 bits per heavy atom. The van der Waals surface area contributed by atoms with Gasteiger partial charge in [0.25, 0.3) is 0 Å². The lowest BCUT2D eigenvalue weighted by Crippen LogP contribution is -2.14. The Balaban J connectivity index is 1.84. The lowest BCUT2D eigenvalue weighted by molar-refractivity contribution is 0.353. The van der Waals surface area contributed by atoms with E-state index in [2.05, 4.69) is 26.1 Å². The summed E-state index contributed by atoms with van der Waals surface area (Å²) in [5, 5.41) is 4.06. The van der Waals surface area contributed by atoms with Crippen LogP contribution in [0.25, 0.3) is 11.4 Å². The molecule has 5 nitrogen and oxygen atoms in total. The zero-order valence-corrected chi connectivity index (χ0v) is 12.8. The topological polar surface area (TPSA) is 74.2 Å². The highest BCUT2D eigenvalue weighted by Crippen LogP contribution is 2.34. The van der Waals surface area contributed by atoms with Crippen LogP contribution in [0.2, 0.25) is 0 Å². The van der Waals surface area contributed by atoms with E-state index in [4.69, 9.17) is 15.0 Å². The number of ether oxygens (including phenoxy) is 1. The molecule has 2 aromatic rings. The van der Waals surface area contributed by atoms with E-state index in [0.717, 1.165) is 35.0 Å². The number of hydrogen-bond acceptors (Lipinski definition) is 5. The summed E-state index contributed by atoms with van der Waals surface area (Å²) in [6.07, 6.45) is 2.97.